The van der Waals surface area contributed by atoms with Crippen molar-refractivity contribution in [2.75, 3.05) is 0 Å². The molecule has 1 N–H and O–H groups in total. The van der Waals surface area contributed by atoms with Crippen LogP contribution in [0, 0.1) is 0 Å². The molecule has 1 aliphatic rings. The monoisotopic (exact) mass is 141 g/mol. The number of hydrogen-bond acceptors (Lipinski definition) is 2. The van der Waals surface area contributed by atoms with Crippen LogP contribution in [0.25, 0.3) is 0 Å². The van der Waals surface area contributed by atoms with Crippen LogP contribution < -0.4 is 5.56 Å². The summed E-state index contributed by atoms with van der Waals surface area (Å²) in [4.78, 5) is 12.1. The highest BCUT2D eigenvalue weighted by atomic mass is 32.1. The number of nitrogens with one attached hydrogen (secondary N) is 1. The quantitative estimate of drug-likeness (QED) is 0.572. The molecule has 1 aromatic heterocycles. The summed E-state index contributed by atoms with van der Waals surface area (Å²) in [5.74, 6) is 0. The highest BCUT2D eigenvalue weighted by molar-refractivity contribution is 7.05. The lowest BCUT2D eigenvalue weighted by Gasteiger charge is -1.76. The van der Waals surface area contributed by atoms with Gasteiger partial charge in [-0.2, -0.15) is 0 Å². The molecule has 1 heterocycles. The molecule has 0 amide bonds. The maximum Gasteiger partial charge on any atom is 0.261 e. The van der Waals surface area contributed by atoms with Crippen molar-refractivity contribution in [2.45, 2.75) is 19.3 Å². The van der Waals surface area contributed by atoms with Crippen LogP contribution in [-0.2, 0) is 12.8 Å². The van der Waals surface area contributed by atoms with Gasteiger partial charge in [0.25, 0.3) is 5.56 Å². The van der Waals surface area contributed by atoms with E-state index in [4.69, 9.17) is 0 Å². The molecule has 0 aliphatic heterocycles. The fourth-order valence-electron chi connectivity index (χ4n) is 1.24. The van der Waals surface area contributed by atoms with E-state index in [0.717, 1.165) is 18.4 Å². The summed E-state index contributed by atoms with van der Waals surface area (Å²) in [5, 5.41) is 0. The summed E-state index contributed by atoms with van der Waals surface area (Å²) in [7, 11) is 0. The van der Waals surface area contributed by atoms with Crippen LogP contribution in [0.15, 0.2) is 4.79 Å². The molecule has 9 heavy (non-hydrogen) atoms. The van der Waals surface area contributed by atoms with Crippen molar-refractivity contribution in [3.05, 3.63) is 20.8 Å². The van der Waals surface area contributed by atoms with Gasteiger partial charge in [0.15, 0.2) is 0 Å². The maximum absolute atomic E-state index is 10.9. The molecule has 0 spiro atoms. The van der Waals surface area contributed by atoms with E-state index >= 15 is 0 Å². The minimum absolute atomic E-state index is 0.146. The zero-order valence-electron chi connectivity index (χ0n) is 4.94. The molecule has 0 atom stereocenters. The third-order valence-corrected chi connectivity index (χ3v) is 2.69. The summed E-state index contributed by atoms with van der Waals surface area (Å²) in [5.41, 5.74) is 1.19. The standard InChI is InChI=1S/C6H7NOS/c8-6-4-2-1-3-5(4)9-7-6/h1-3H2,(H,7,8). The van der Waals surface area contributed by atoms with Crippen molar-refractivity contribution in [3.8, 4) is 0 Å². The van der Waals surface area contributed by atoms with E-state index in [-0.39, 0.29) is 5.56 Å². The van der Waals surface area contributed by atoms with Crippen LogP contribution in [0.4, 0.5) is 0 Å². The summed E-state index contributed by atoms with van der Waals surface area (Å²) >= 11 is 1.50. The van der Waals surface area contributed by atoms with E-state index < -0.39 is 0 Å². The molecule has 0 radical (unpaired) electrons. The predicted octanol–water partition coefficient (Wildman–Crippen LogP) is 0.925. The normalized spacial score (nSPS) is 16.0. The van der Waals surface area contributed by atoms with Crippen molar-refractivity contribution >= 4 is 11.5 Å². The second-order valence-corrected chi connectivity index (χ2v) is 3.19. The Morgan fingerprint density at radius 2 is 2.33 bits per heavy atom. The fourth-order valence-corrected chi connectivity index (χ4v) is 2.14. The minimum Gasteiger partial charge on any atom is -0.277 e. The molecule has 0 aromatic carbocycles. The largest absolute Gasteiger partial charge is 0.277 e. The van der Waals surface area contributed by atoms with Gasteiger partial charge in [-0.3, -0.25) is 9.17 Å². The van der Waals surface area contributed by atoms with Crippen molar-refractivity contribution in [1.29, 1.82) is 0 Å². The summed E-state index contributed by atoms with van der Waals surface area (Å²) in [6.45, 7) is 0. The average Bonchev–Trinajstić information content (AvgIpc) is 2.35. The van der Waals surface area contributed by atoms with Crippen LogP contribution in [0.5, 0.6) is 0 Å². The van der Waals surface area contributed by atoms with Crippen molar-refractivity contribution in [1.82, 2.24) is 4.37 Å². The van der Waals surface area contributed by atoms with E-state index in [0.29, 0.717) is 0 Å². The van der Waals surface area contributed by atoms with Gasteiger partial charge in [0.2, 0.25) is 0 Å². The van der Waals surface area contributed by atoms with Crippen molar-refractivity contribution < 1.29 is 0 Å². The summed E-state index contributed by atoms with van der Waals surface area (Å²) in [6, 6.07) is 0. The Kier molecular flexibility index (Phi) is 0.990. The lowest BCUT2D eigenvalue weighted by Crippen LogP contribution is -2.02. The van der Waals surface area contributed by atoms with E-state index in [1.807, 2.05) is 0 Å². The van der Waals surface area contributed by atoms with Crippen LogP contribution in [0.2, 0.25) is 0 Å². The van der Waals surface area contributed by atoms with E-state index in [2.05, 4.69) is 4.37 Å². The third kappa shape index (κ3) is 0.645. The number of rotatable bonds is 0. The van der Waals surface area contributed by atoms with E-state index in [9.17, 15) is 4.79 Å². The molecule has 0 saturated carbocycles. The third-order valence-electron chi connectivity index (χ3n) is 1.71. The molecule has 2 nitrogen and oxygen atoms in total. The Labute approximate surface area is 56.7 Å². The second-order valence-electron chi connectivity index (χ2n) is 2.29. The van der Waals surface area contributed by atoms with Crippen molar-refractivity contribution in [3.63, 3.8) is 0 Å². The van der Waals surface area contributed by atoms with Gasteiger partial charge in [-0.15, -0.1) is 0 Å². The molecule has 2 rings (SSSR count). The van der Waals surface area contributed by atoms with Gasteiger partial charge in [0.05, 0.1) is 0 Å². The first-order chi connectivity index (χ1) is 4.38. The van der Waals surface area contributed by atoms with Gasteiger partial charge in [-0.25, -0.2) is 0 Å². The maximum atomic E-state index is 10.9. The Bertz CT molecular complexity index is 273. The number of aromatic amines is 1. The van der Waals surface area contributed by atoms with Gasteiger partial charge in [-0.05, 0) is 19.3 Å². The van der Waals surface area contributed by atoms with Gasteiger partial charge in [0, 0.05) is 10.4 Å². The number of aryl methyl sites for hydroxylation is 1. The smallest absolute Gasteiger partial charge is 0.261 e. The lowest BCUT2D eigenvalue weighted by atomic mass is 10.3. The molecule has 0 unspecified atom stereocenters. The topological polar surface area (TPSA) is 32.9 Å². The molecule has 3 heteroatoms. The zero-order chi connectivity index (χ0) is 6.27. The Balaban J connectivity index is 2.70. The van der Waals surface area contributed by atoms with Crippen LogP contribution in [-0.4, -0.2) is 4.37 Å². The number of aromatic nitrogens is 1. The number of hydrogen-bond donors (Lipinski definition) is 1. The molecular weight excluding hydrogens is 134 g/mol. The Hall–Kier alpha value is -0.570. The van der Waals surface area contributed by atoms with E-state index in [1.165, 1.54) is 22.8 Å². The first-order valence-electron chi connectivity index (χ1n) is 3.07. The first-order valence-corrected chi connectivity index (χ1v) is 3.89. The summed E-state index contributed by atoms with van der Waals surface area (Å²) < 4.78 is 2.73. The highest BCUT2D eigenvalue weighted by Crippen LogP contribution is 2.20. The van der Waals surface area contributed by atoms with Crippen LogP contribution in [0.1, 0.15) is 16.9 Å². The zero-order valence-corrected chi connectivity index (χ0v) is 5.75. The van der Waals surface area contributed by atoms with Gasteiger partial charge in [0.1, 0.15) is 0 Å². The number of H-pyrrole nitrogens is 1. The summed E-state index contributed by atoms with van der Waals surface area (Å²) in [6.07, 6.45) is 3.28. The second kappa shape index (κ2) is 1.70. The molecule has 1 aromatic rings. The highest BCUT2D eigenvalue weighted by Gasteiger charge is 2.15. The fraction of sp³-hybridized carbons (Fsp3) is 0.500. The molecule has 0 saturated heterocycles. The number of fused-ring (bicyclic) bond motifs is 1. The lowest BCUT2D eigenvalue weighted by molar-refractivity contribution is 0.907. The molecular formula is C6H7NOS. The average molecular weight is 141 g/mol. The van der Waals surface area contributed by atoms with Gasteiger partial charge in [-0.1, -0.05) is 11.5 Å². The molecule has 1 aliphatic carbocycles. The Morgan fingerprint density at radius 3 is 3.11 bits per heavy atom. The molecule has 48 valence electrons. The van der Waals surface area contributed by atoms with Crippen molar-refractivity contribution in [2.24, 2.45) is 0 Å². The van der Waals surface area contributed by atoms with Gasteiger partial charge >= 0.3 is 0 Å². The first kappa shape index (κ1) is 5.23. The van der Waals surface area contributed by atoms with Crippen LogP contribution >= 0.6 is 11.5 Å². The Morgan fingerprint density at radius 1 is 1.44 bits per heavy atom. The predicted molar refractivity (Wildman–Crippen MR) is 37.0 cm³/mol. The van der Waals surface area contributed by atoms with Crippen LogP contribution in [0.3, 0.4) is 0 Å². The van der Waals surface area contributed by atoms with Gasteiger partial charge < -0.3 is 0 Å². The molecule has 0 fully saturated rings. The molecule has 0 bridgehead atoms. The van der Waals surface area contributed by atoms with E-state index in [1.54, 1.807) is 0 Å². The minimum atomic E-state index is 0.146. The SMILES string of the molecule is O=c1[nH]sc2c1CCC2.